The standard InChI is InChI=1S/C17H28N4O3S/c1-21(13-8-11-25(23,24)12-13)10-7-17(22)18-9-6-16-14-4-2-3-5-15(14)19-20-16/h13H,2-12H2,1H3,(H,18,22)(H,19,20)/t13-/m0/s1. The molecule has 0 bridgehead atoms. The molecule has 1 aromatic heterocycles. The van der Waals surface area contributed by atoms with E-state index < -0.39 is 9.84 Å². The molecule has 0 unspecified atom stereocenters. The fourth-order valence-corrected chi connectivity index (χ4v) is 5.55. The maximum absolute atomic E-state index is 12.0. The van der Waals surface area contributed by atoms with Crippen molar-refractivity contribution in [3.8, 4) is 0 Å². The van der Waals surface area contributed by atoms with Crippen LogP contribution < -0.4 is 5.32 Å². The fraction of sp³-hybridized carbons (Fsp3) is 0.765. The number of hydrogen-bond donors (Lipinski definition) is 2. The van der Waals surface area contributed by atoms with Gasteiger partial charge >= 0.3 is 0 Å². The number of nitrogens with one attached hydrogen (secondary N) is 2. The third-order valence-corrected chi connectivity index (χ3v) is 7.10. The van der Waals surface area contributed by atoms with Gasteiger partial charge in [-0.05, 0) is 44.7 Å². The molecule has 7 nitrogen and oxygen atoms in total. The van der Waals surface area contributed by atoms with E-state index in [1.54, 1.807) is 0 Å². The van der Waals surface area contributed by atoms with Gasteiger partial charge in [0.15, 0.2) is 9.84 Å². The molecule has 0 aromatic carbocycles. The molecule has 8 heteroatoms. The molecule has 0 spiro atoms. The molecule has 2 heterocycles. The van der Waals surface area contributed by atoms with Gasteiger partial charge in [-0.25, -0.2) is 8.42 Å². The summed E-state index contributed by atoms with van der Waals surface area (Å²) in [5.41, 5.74) is 3.70. The van der Waals surface area contributed by atoms with Crippen LogP contribution in [0.5, 0.6) is 0 Å². The molecular formula is C17H28N4O3S. The summed E-state index contributed by atoms with van der Waals surface area (Å²) in [4.78, 5) is 14.0. The van der Waals surface area contributed by atoms with Gasteiger partial charge in [0.1, 0.15) is 0 Å². The van der Waals surface area contributed by atoms with Crippen molar-refractivity contribution in [1.29, 1.82) is 0 Å². The van der Waals surface area contributed by atoms with Gasteiger partial charge in [-0.15, -0.1) is 0 Å². The molecule has 2 aliphatic rings. The first kappa shape index (κ1) is 18.4. The van der Waals surface area contributed by atoms with Gasteiger partial charge in [-0.2, -0.15) is 5.10 Å². The number of carbonyl (C=O) groups is 1. The Labute approximate surface area is 149 Å². The van der Waals surface area contributed by atoms with E-state index in [4.69, 9.17) is 0 Å². The lowest BCUT2D eigenvalue weighted by Crippen LogP contribution is -2.36. The lowest BCUT2D eigenvalue weighted by Gasteiger charge is -2.22. The number of carbonyl (C=O) groups excluding carboxylic acids is 1. The van der Waals surface area contributed by atoms with Crippen molar-refractivity contribution in [2.75, 3.05) is 31.6 Å². The van der Waals surface area contributed by atoms with Crippen LogP contribution in [0.3, 0.4) is 0 Å². The van der Waals surface area contributed by atoms with Crippen molar-refractivity contribution in [2.24, 2.45) is 0 Å². The Morgan fingerprint density at radius 3 is 2.92 bits per heavy atom. The van der Waals surface area contributed by atoms with E-state index in [0.29, 0.717) is 25.9 Å². The molecule has 1 saturated heterocycles. The zero-order valence-corrected chi connectivity index (χ0v) is 15.7. The van der Waals surface area contributed by atoms with Crippen LogP contribution in [0.2, 0.25) is 0 Å². The number of fused-ring (bicyclic) bond motifs is 1. The van der Waals surface area contributed by atoms with Gasteiger partial charge in [-0.3, -0.25) is 9.89 Å². The van der Waals surface area contributed by atoms with Crippen LogP contribution in [0, 0.1) is 0 Å². The second kappa shape index (κ2) is 7.86. The molecular weight excluding hydrogens is 340 g/mol. The number of amides is 1. The largest absolute Gasteiger partial charge is 0.356 e. The number of nitrogens with zero attached hydrogens (tertiary/aromatic N) is 2. The van der Waals surface area contributed by atoms with Crippen molar-refractivity contribution in [3.05, 3.63) is 17.0 Å². The quantitative estimate of drug-likeness (QED) is 0.729. The van der Waals surface area contributed by atoms with E-state index in [0.717, 1.165) is 25.0 Å². The summed E-state index contributed by atoms with van der Waals surface area (Å²) in [6.07, 6.45) is 6.43. The van der Waals surface area contributed by atoms with Crippen molar-refractivity contribution >= 4 is 15.7 Å². The normalized spacial score (nSPS) is 22.1. The smallest absolute Gasteiger partial charge is 0.221 e. The highest BCUT2D eigenvalue weighted by Crippen LogP contribution is 2.22. The highest BCUT2D eigenvalue weighted by Gasteiger charge is 2.30. The molecule has 1 aliphatic carbocycles. The van der Waals surface area contributed by atoms with E-state index in [9.17, 15) is 13.2 Å². The molecule has 0 saturated carbocycles. The summed E-state index contributed by atoms with van der Waals surface area (Å²) in [6.45, 7) is 1.18. The van der Waals surface area contributed by atoms with Crippen LogP contribution in [0.1, 0.15) is 42.6 Å². The van der Waals surface area contributed by atoms with Gasteiger partial charge in [-0.1, -0.05) is 0 Å². The maximum Gasteiger partial charge on any atom is 0.221 e. The van der Waals surface area contributed by atoms with Crippen molar-refractivity contribution in [1.82, 2.24) is 20.4 Å². The SMILES string of the molecule is CN(CCC(=O)NCCc1n[nH]c2c1CCCC2)[C@H]1CCS(=O)(=O)C1. The van der Waals surface area contributed by atoms with Crippen LogP contribution in [0.25, 0.3) is 0 Å². The predicted molar refractivity (Wildman–Crippen MR) is 96.2 cm³/mol. The topological polar surface area (TPSA) is 95.2 Å². The van der Waals surface area contributed by atoms with E-state index in [-0.39, 0.29) is 23.5 Å². The molecule has 2 N–H and O–H groups in total. The highest BCUT2D eigenvalue weighted by atomic mass is 32.2. The Balaban J connectivity index is 1.36. The minimum absolute atomic E-state index is 0.0112. The van der Waals surface area contributed by atoms with Gasteiger partial charge in [0.25, 0.3) is 0 Å². The number of rotatable bonds is 7. The minimum atomic E-state index is -2.88. The van der Waals surface area contributed by atoms with Crippen LogP contribution in [0.15, 0.2) is 0 Å². The Bertz CT molecular complexity index is 713. The summed E-state index contributed by atoms with van der Waals surface area (Å²) in [7, 11) is -0.981. The molecule has 0 radical (unpaired) electrons. The highest BCUT2D eigenvalue weighted by molar-refractivity contribution is 7.91. The summed E-state index contributed by atoms with van der Waals surface area (Å²) in [6, 6.07) is 0.0494. The first-order valence-corrected chi connectivity index (χ1v) is 11.0. The Morgan fingerprint density at radius 1 is 1.36 bits per heavy atom. The number of H-pyrrole nitrogens is 1. The molecule has 1 amide bonds. The number of hydrogen-bond acceptors (Lipinski definition) is 5. The zero-order chi connectivity index (χ0) is 17.9. The lowest BCUT2D eigenvalue weighted by molar-refractivity contribution is -0.121. The first-order valence-electron chi connectivity index (χ1n) is 9.17. The summed E-state index contributed by atoms with van der Waals surface area (Å²) in [5.74, 6) is 0.495. The second-order valence-corrected chi connectivity index (χ2v) is 9.45. The Kier molecular flexibility index (Phi) is 5.78. The number of aromatic nitrogens is 2. The monoisotopic (exact) mass is 368 g/mol. The van der Waals surface area contributed by atoms with Crippen LogP contribution >= 0.6 is 0 Å². The molecule has 1 aliphatic heterocycles. The third-order valence-electron chi connectivity index (χ3n) is 5.35. The zero-order valence-electron chi connectivity index (χ0n) is 14.9. The van der Waals surface area contributed by atoms with Crippen LogP contribution in [-0.2, 0) is 33.9 Å². The van der Waals surface area contributed by atoms with Crippen molar-refractivity contribution in [3.63, 3.8) is 0 Å². The first-order chi connectivity index (χ1) is 11.9. The predicted octanol–water partition coefficient (Wildman–Crippen LogP) is 0.456. The van der Waals surface area contributed by atoms with Gasteiger partial charge < -0.3 is 10.2 Å². The minimum Gasteiger partial charge on any atom is -0.356 e. The molecule has 25 heavy (non-hydrogen) atoms. The lowest BCUT2D eigenvalue weighted by atomic mass is 9.95. The van der Waals surface area contributed by atoms with Gasteiger partial charge in [0.05, 0.1) is 17.2 Å². The number of aryl methyl sites for hydroxylation is 1. The summed E-state index contributed by atoms with van der Waals surface area (Å²) < 4.78 is 23.1. The van der Waals surface area contributed by atoms with Gasteiger partial charge in [0, 0.05) is 37.7 Å². The van der Waals surface area contributed by atoms with Crippen molar-refractivity contribution in [2.45, 2.75) is 51.0 Å². The maximum atomic E-state index is 12.0. The summed E-state index contributed by atoms with van der Waals surface area (Å²) >= 11 is 0. The van der Waals surface area contributed by atoms with Crippen molar-refractivity contribution < 1.29 is 13.2 Å². The molecule has 3 rings (SSSR count). The van der Waals surface area contributed by atoms with E-state index in [1.165, 1.54) is 24.1 Å². The molecule has 1 aromatic rings. The average molecular weight is 369 g/mol. The summed E-state index contributed by atoms with van der Waals surface area (Å²) in [5, 5.41) is 10.5. The molecule has 1 atom stereocenters. The Hall–Kier alpha value is -1.41. The second-order valence-electron chi connectivity index (χ2n) is 7.22. The van der Waals surface area contributed by atoms with Crippen LogP contribution in [-0.4, -0.2) is 67.1 Å². The van der Waals surface area contributed by atoms with Gasteiger partial charge in [0.2, 0.25) is 5.91 Å². The average Bonchev–Trinajstić information content (AvgIpc) is 3.16. The molecule has 140 valence electrons. The molecule has 1 fully saturated rings. The Morgan fingerprint density at radius 2 is 2.16 bits per heavy atom. The van der Waals surface area contributed by atoms with E-state index in [2.05, 4.69) is 15.5 Å². The fourth-order valence-electron chi connectivity index (χ4n) is 3.75. The van der Waals surface area contributed by atoms with Crippen LogP contribution in [0.4, 0.5) is 0 Å². The number of aromatic amines is 1. The van der Waals surface area contributed by atoms with E-state index in [1.807, 2.05) is 11.9 Å². The number of sulfone groups is 1. The van der Waals surface area contributed by atoms with E-state index >= 15 is 0 Å². The third kappa shape index (κ3) is 4.82.